The molecular weight excluding hydrogens is 278 g/mol. The molecule has 0 radical (unpaired) electrons. The summed E-state index contributed by atoms with van der Waals surface area (Å²) in [4.78, 5) is 14.2. The van der Waals surface area contributed by atoms with Gasteiger partial charge in [0.1, 0.15) is 6.61 Å². The third-order valence-corrected chi connectivity index (χ3v) is 4.96. The molecule has 4 nitrogen and oxygen atoms in total. The second kappa shape index (κ2) is 5.92. The number of ether oxygens (including phenoxy) is 1. The van der Waals surface area contributed by atoms with E-state index in [2.05, 4.69) is 13.8 Å². The van der Waals surface area contributed by atoms with E-state index in [4.69, 9.17) is 4.74 Å². The van der Waals surface area contributed by atoms with Crippen molar-refractivity contribution in [1.82, 2.24) is 4.90 Å². The van der Waals surface area contributed by atoms with E-state index in [1.165, 1.54) is 0 Å². The molecule has 0 bridgehead atoms. The summed E-state index contributed by atoms with van der Waals surface area (Å²) in [6.45, 7) is 5.01. The monoisotopic (exact) mass is 303 g/mol. The summed E-state index contributed by atoms with van der Waals surface area (Å²) in [6.07, 6.45) is 2.51. The van der Waals surface area contributed by atoms with Gasteiger partial charge in [0.15, 0.2) is 0 Å². The molecule has 1 unspecified atom stereocenters. The zero-order valence-corrected chi connectivity index (χ0v) is 13.4. The normalized spacial score (nSPS) is 28.2. The van der Waals surface area contributed by atoms with Crippen molar-refractivity contribution >= 4 is 6.09 Å². The van der Waals surface area contributed by atoms with Crippen LogP contribution in [0.1, 0.15) is 38.7 Å². The number of hydrogen-bond donors (Lipinski definition) is 1. The number of carbonyl (C=O) groups is 1. The zero-order chi connectivity index (χ0) is 15.7. The summed E-state index contributed by atoms with van der Waals surface area (Å²) in [5, 5.41) is 11.0. The minimum Gasteiger partial charge on any atom is -0.445 e. The smallest absolute Gasteiger partial charge is 0.410 e. The predicted octanol–water partition coefficient (Wildman–Crippen LogP) is 3.19. The van der Waals surface area contributed by atoms with Crippen molar-refractivity contribution in [3.05, 3.63) is 35.9 Å². The van der Waals surface area contributed by atoms with Crippen LogP contribution in [0.15, 0.2) is 30.3 Å². The summed E-state index contributed by atoms with van der Waals surface area (Å²) in [5.74, 6) is 0.573. The summed E-state index contributed by atoms with van der Waals surface area (Å²) in [5.41, 5.74) is 0.258. The standard InChI is InChI=1S/C18H25NO3/c1-13(2)16-18(21,15-8-9-15)10-11-19(16)17(20)22-12-14-6-4-3-5-7-14/h3-7,13,15-16,21H,8-12H2,1-2H3/t16-,18?/m0/s1. The molecule has 1 aliphatic carbocycles. The molecule has 0 aromatic heterocycles. The molecule has 1 aromatic rings. The lowest BCUT2D eigenvalue weighted by Gasteiger charge is -2.36. The van der Waals surface area contributed by atoms with Gasteiger partial charge < -0.3 is 14.7 Å². The van der Waals surface area contributed by atoms with Crippen LogP contribution in [0.3, 0.4) is 0 Å². The highest BCUT2D eigenvalue weighted by Gasteiger charge is 2.57. The van der Waals surface area contributed by atoms with Gasteiger partial charge in [0, 0.05) is 6.54 Å². The van der Waals surface area contributed by atoms with E-state index < -0.39 is 5.60 Å². The van der Waals surface area contributed by atoms with Crippen LogP contribution < -0.4 is 0 Å². The SMILES string of the molecule is CC(C)[C@@H]1N(C(=O)OCc2ccccc2)CCC1(O)C1CC1. The quantitative estimate of drug-likeness (QED) is 0.929. The molecule has 22 heavy (non-hydrogen) atoms. The Balaban J connectivity index is 1.66. The number of benzene rings is 1. The van der Waals surface area contributed by atoms with E-state index in [-0.39, 0.29) is 24.7 Å². The van der Waals surface area contributed by atoms with Gasteiger partial charge in [-0.15, -0.1) is 0 Å². The topological polar surface area (TPSA) is 49.8 Å². The number of aliphatic hydroxyl groups is 1. The third kappa shape index (κ3) is 2.84. The van der Waals surface area contributed by atoms with Gasteiger partial charge >= 0.3 is 6.09 Å². The van der Waals surface area contributed by atoms with Crippen molar-refractivity contribution in [2.45, 2.75) is 51.4 Å². The summed E-state index contributed by atoms with van der Waals surface area (Å²) in [6, 6.07) is 9.55. The molecule has 1 amide bonds. The molecule has 1 saturated heterocycles. The average Bonchev–Trinajstić information content (AvgIpc) is 3.30. The predicted molar refractivity (Wildman–Crippen MR) is 84.2 cm³/mol. The van der Waals surface area contributed by atoms with Crippen LogP contribution in [-0.2, 0) is 11.3 Å². The molecule has 1 heterocycles. The number of nitrogens with zero attached hydrogens (tertiary/aromatic N) is 1. The van der Waals surface area contributed by atoms with Crippen molar-refractivity contribution in [1.29, 1.82) is 0 Å². The molecule has 1 N–H and O–H groups in total. The molecule has 120 valence electrons. The van der Waals surface area contributed by atoms with Gasteiger partial charge in [-0.3, -0.25) is 0 Å². The fraction of sp³-hybridized carbons (Fsp3) is 0.611. The lowest BCUT2D eigenvalue weighted by Crippen LogP contribution is -2.51. The average molecular weight is 303 g/mol. The van der Waals surface area contributed by atoms with Crippen LogP contribution in [0.4, 0.5) is 4.79 Å². The third-order valence-electron chi connectivity index (χ3n) is 4.96. The molecule has 0 spiro atoms. The fourth-order valence-corrected chi connectivity index (χ4v) is 3.83. The van der Waals surface area contributed by atoms with Gasteiger partial charge in [-0.1, -0.05) is 44.2 Å². The van der Waals surface area contributed by atoms with Crippen LogP contribution in [0.25, 0.3) is 0 Å². The fourth-order valence-electron chi connectivity index (χ4n) is 3.83. The Morgan fingerprint density at radius 3 is 2.64 bits per heavy atom. The molecule has 1 aromatic carbocycles. The number of rotatable bonds is 4. The van der Waals surface area contributed by atoms with E-state index in [1.807, 2.05) is 30.3 Å². The Kier molecular flexibility index (Phi) is 4.13. The maximum atomic E-state index is 12.5. The van der Waals surface area contributed by atoms with Crippen LogP contribution in [0, 0.1) is 11.8 Å². The molecule has 1 saturated carbocycles. The van der Waals surface area contributed by atoms with Crippen molar-refractivity contribution in [2.75, 3.05) is 6.54 Å². The zero-order valence-electron chi connectivity index (χ0n) is 13.4. The van der Waals surface area contributed by atoms with Crippen LogP contribution in [0.5, 0.6) is 0 Å². The second-order valence-electron chi connectivity index (χ2n) is 6.94. The number of likely N-dealkylation sites (tertiary alicyclic amines) is 1. The van der Waals surface area contributed by atoms with E-state index in [0.717, 1.165) is 18.4 Å². The Morgan fingerprint density at radius 2 is 2.05 bits per heavy atom. The van der Waals surface area contributed by atoms with Crippen molar-refractivity contribution in [2.24, 2.45) is 11.8 Å². The first kappa shape index (κ1) is 15.3. The number of amides is 1. The largest absolute Gasteiger partial charge is 0.445 e. The van der Waals surface area contributed by atoms with Gasteiger partial charge in [-0.05, 0) is 36.7 Å². The maximum absolute atomic E-state index is 12.5. The molecular formula is C18H25NO3. The van der Waals surface area contributed by atoms with Gasteiger partial charge in [0.25, 0.3) is 0 Å². The molecule has 2 atom stereocenters. The van der Waals surface area contributed by atoms with E-state index >= 15 is 0 Å². The molecule has 4 heteroatoms. The van der Waals surface area contributed by atoms with E-state index in [9.17, 15) is 9.90 Å². The number of hydrogen-bond acceptors (Lipinski definition) is 3. The molecule has 2 fully saturated rings. The highest BCUT2D eigenvalue weighted by Crippen LogP contribution is 2.49. The molecule has 1 aliphatic heterocycles. The first-order valence-corrected chi connectivity index (χ1v) is 8.22. The number of carbonyl (C=O) groups excluding carboxylic acids is 1. The van der Waals surface area contributed by atoms with Gasteiger partial charge in [-0.2, -0.15) is 0 Å². The summed E-state index contributed by atoms with van der Waals surface area (Å²) < 4.78 is 5.46. The van der Waals surface area contributed by atoms with Gasteiger partial charge in [0.2, 0.25) is 0 Å². The Bertz CT molecular complexity index is 526. The summed E-state index contributed by atoms with van der Waals surface area (Å²) in [7, 11) is 0. The molecule has 2 aliphatic rings. The Morgan fingerprint density at radius 1 is 1.36 bits per heavy atom. The molecule has 3 rings (SSSR count). The minimum atomic E-state index is -0.722. The second-order valence-corrected chi connectivity index (χ2v) is 6.94. The minimum absolute atomic E-state index is 0.136. The van der Waals surface area contributed by atoms with Crippen molar-refractivity contribution < 1.29 is 14.6 Å². The van der Waals surface area contributed by atoms with Gasteiger partial charge in [-0.25, -0.2) is 4.79 Å². The first-order chi connectivity index (χ1) is 10.5. The van der Waals surface area contributed by atoms with Crippen LogP contribution in [0.2, 0.25) is 0 Å². The van der Waals surface area contributed by atoms with Crippen molar-refractivity contribution in [3.8, 4) is 0 Å². The maximum Gasteiger partial charge on any atom is 0.410 e. The first-order valence-electron chi connectivity index (χ1n) is 8.22. The van der Waals surface area contributed by atoms with E-state index in [0.29, 0.717) is 18.9 Å². The Hall–Kier alpha value is -1.55. The highest BCUT2D eigenvalue weighted by molar-refractivity contribution is 5.69. The lowest BCUT2D eigenvalue weighted by atomic mass is 9.83. The van der Waals surface area contributed by atoms with Gasteiger partial charge in [0.05, 0.1) is 11.6 Å². The van der Waals surface area contributed by atoms with Crippen LogP contribution in [-0.4, -0.2) is 34.3 Å². The Labute approximate surface area is 132 Å². The summed E-state index contributed by atoms with van der Waals surface area (Å²) >= 11 is 0. The lowest BCUT2D eigenvalue weighted by molar-refractivity contribution is -0.0332. The van der Waals surface area contributed by atoms with Crippen molar-refractivity contribution in [3.63, 3.8) is 0 Å². The van der Waals surface area contributed by atoms with Crippen LogP contribution >= 0.6 is 0 Å². The highest BCUT2D eigenvalue weighted by atomic mass is 16.6. The van der Waals surface area contributed by atoms with E-state index in [1.54, 1.807) is 4.90 Å².